The van der Waals surface area contributed by atoms with E-state index < -0.39 is 36.7 Å². The first-order valence-corrected chi connectivity index (χ1v) is 5.36. The molecule has 0 radical (unpaired) electrons. The summed E-state index contributed by atoms with van der Waals surface area (Å²) in [7, 11) is 0. The Morgan fingerprint density at radius 3 is 2.65 bits per heavy atom. The minimum absolute atomic E-state index is 0.0356. The van der Waals surface area contributed by atoms with Crippen molar-refractivity contribution in [3.05, 3.63) is 0 Å². The minimum atomic E-state index is -1.07. The maximum Gasteiger partial charge on any atom is 0.320 e. The van der Waals surface area contributed by atoms with Crippen molar-refractivity contribution in [1.82, 2.24) is 5.32 Å². The van der Waals surface area contributed by atoms with Crippen LogP contribution >= 0.6 is 0 Å². The van der Waals surface area contributed by atoms with Gasteiger partial charge in [0.05, 0.1) is 19.3 Å². The number of ether oxygens (including phenoxy) is 1. The molecule has 0 unspecified atom stereocenters. The molecule has 0 spiro atoms. The molecule has 1 saturated heterocycles. The Morgan fingerprint density at radius 2 is 2.18 bits per heavy atom. The predicted molar refractivity (Wildman–Crippen MR) is 56.2 cm³/mol. The number of aliphatic hydroxyl groups is 2. The van der Waals surface area contributed by atoms with E-state index in [-0.39, 0.29) is 18.9 Å². The van der Waals surface area contributed by atoms with Crippen molar-refractivity contribution in [2.75, 3.05) is 13.2 Å². The minimum Gasteiger partial charge on any atom is -0.480 e. The predicted octanol–water partition coefficient (Wildman–Crippen LogP) is -1.67. The molecule has 0 bridgehead atoms. The Kier molecular flexibility index (Phi) is 4.86. The largest absolute Gasteiger partial charge is 0.480 e. The Morgan fingerprint density at radius 1 is 1.53 bits per heavy atom. The standard InChI is InChI=1S/C10H17NO6/c1-5(13)17-4-6-2-7(10(15)16)11-9(6)8(14)3-12/h6-9,11-12,14H,2-4H2,1H3,(H,15,16)/t6-,7+,8+,9+/m0/s1. The molecule has 4 N–H and O–H groups in total. The zero-order valence-electron chi connectivity index (χ0n) is 9.50. The first-order valence-electron chi connectivity index (χ1n) is 5.36. The van der Waals surface area contributed by atoms with Gasteiger partial charge in [0.15, 0.2) is 0 Å². The number of rotatable bonds is 5. The van der Waals surface area contributed by atoms with Crippen molar-refractivity contribution in [3.63, 3.8) is 0 Å². The van der Waals surface area contributed by atoms with Crippen LogP contribution in [-0.4, -0.2) is 58.7 Å². The fraction of sp³-hybridized carbons (Fsp3) is 0.800. The van der Waals surface area contributed by atoms with Crippen LogP contribution in [0.15, 0.2) is 0 Å². The van der Waals surface area contributed by atoms with Gasteiger partial charge in [0.25, 0.3) is 0 Å². The number of nitrogens with one attached hydrogen (secondary N) is 1. The average Bonchev–Trinajstić information content (AvgIpc) is 2.69. The van der Waals surface area contributed by atoms with Crippen LogP contribution in [0.25, 0.3) is 0 Å². The molecule has 1 heterocycles. The van der Waals surface area contributed by atoms with Crippen molar-refractivity contribution in [2.45, 2.75) is 31.5 Å². The summed E-state index contributed by atoms with van der Waals surface area (Å²) in [5.41, 5.74) is 0. The number of carbonyl (C=O) groups excluding carboxylic acids is 1. The molecule has 0 aromatic heterocycles. The van der Waals surface area contributed by atoms with Gasteiger partial charge in [-0.2, -0.15) is 0 Å². The first-order chi connectivity index (χ1) is 7.95. The van der Waals surface area contributed by atoms with Crippen LogP contribution in [0.2, 0.25) is 0 Å². The third kappa shape index (κ3) is 3.65. The van der Waals surface area contributed by atoms with Crippen molar-refractivity contribution < 1.29 is 29.6 Å². The number of aliphatic hydroxyl groups excluding tert-OH is 2. The lowest BCUT2D eigenvalue weighted by Gasteiger charge is -2.22. The summed E-state index contributed by atoms with van der Waals surface area (Å²) in [6, 6.07) is -1.37. The van der Waals surface area contributed by atoms with E-state index in [1.54, 1.807) is 0 Å². The van der Waals surface area contributed by atoms with E-state index in [0.29, 0.717) is 0 Å². The van der Waals surface area contributed by atoms with Crippen molar-refractivity contribution >= 4 is 11.9 Å². The highest BCUT2D eigenvalue weighted by atomic mass is 16.5. The number of carboxylic acids is 1. The molecule has 7 heteroatoms. The van der Waals surface area contributed by atoms with Gasteiger partial charge < -0.3 is 20.1 Å². The fourth-order valence-electron chi connectivity index (χ4n) is 1.99. The van der Waals surface area contributed by atoms with Gasteiger partial charge in [-0.05, 0) is 6.42 Å². The fourth-order valence-corrected chi connectivity index (χ4v) is 1.99. The Labute approximate surface area is 98.4 Å². The molecule has 1 rings (SSSR count). The third-order valence-corrected chi connectivity index (χ3v) is 2.84. The molecule has 1 aliphatic rings. The van der Waals surface area contributed by atoms with Gasteiger partial charge in [-0.25, -0.2) is 0 Å². The summed E-state index contributed by atoms with van der Waals surface area (Å²) in [5, 5.41) is 30.0. The highest BCUT2D eigenvalue weighted by Gasteiger charge is 2.41. The molecule has 0 aromatic carbocycles. The SMILES string of the molecule is CC(=O)OC[C@@H]1C[C@H](C(=O)O)N[C@H]1[C@H](O)CO. The van der Waals surface area contributed by atoms with E-state index in [0.717, 1.165) is 0 Å². The lowest BCUT2D eigenvalue weighted by atomic mass is 9.96. The molecule has 1 fully saturated rings. The molecule has 0 saturated carbocycles. The van der Waals surface area contributed by atoms with E-state index in [1.165, 1.54) is 6.92 Å². The number of hydrogen-bond acceptors (Lipinski definition) is 6. The lowest BCUT2D eigenvalue weighted by Crippen LogP contribution is -2.45. The summed E-state index contributed by atoms with van der Waals surface area (Å²) in [6.45, 7) is 0.822. The zero-order valence-corrected chi connectivity index (χ0v) is 9.50. The second kappa shape index (κ2) is 5.95. The van der Waals surface area contributed by atoms with Gasteiger partial charge in [-0.1, -0.05) is 0 Å². The quantitative estimate of drug-likeness (QED) is 0.429. The molecule has 98 valence electrons. The van der Waals surface area contributed by atoms with E-state index >= 15 is 0 Å². The summed E-state index contributed by atoms with van der Waals surface area (Å²) in [5.74, 6) is -1.80. The van der Waals surface area contributed by atoms with Crippen LogP contribution in [0.5, 0.6) is 0 Å². The summed E-state index contributed by atoms with van der Waals surface area (Å²) in [4.78, 5) is 21.5. The van der Waals surface area contributed by atoms with Gasteiger partial charge in [0.2, 0.25) is 0 Å². The van der Waals surface area contributed by atoms with Crippen LogP contribution < -0.4 is 5.32 Å². The van der Waals surface area contributed by atoms with Gasteiger partial charge in [0, 0.05) is 18.9 Å². The van der Waals surface area contributed by atoms with Gasteiger partial charge in [-0.15, -0.1) is 0 Å². The molecule has 0 amide bonds. The van der Waals surface area contributed by atoms with Crippen molar-refractivity contribution in [3.8, 4) is 0 Å². The molecule has 7 nitrogen and oxygen atoms in total. The summed E-state index contributed by atoms with van der Waals surface area (Å²) < 4.78 is 4.81. The number of aliphatic carboxylic acids is 1. The second-order valence-electron chi connectivity index (χ2n) is 4.13. The van der Waals surface area contributed by atoms with Gasteiger partial charge in [-0.3, -0.25) is 14.9 Å². The van der Waals surface area contributed by atoms with Crippen LogP contribution in [-0.2, 0) is 14.3 Å². The Hall–Kier alpha value is -1.18. The molecule has 0 aliphatic carbocycles. The van der Waals surface area contributed by atoms with Crippen LogP contribution in [0.3, 0.4) is 0 Å². The molecule has 1 aliphatic heterocycles. The van der Waals surface area contributed by atoms with Gasteiger partial charge >= 0.3 is 11.9 Å². The monoisotopic (exact) mass is 247 g/mol. The van der Waals surface area contributed by atoms with Crippen LogP contribution in [0, 0.1) is 5.92 Å². The molecular formula is C10H17NO6. The highest BCUT2D eigenvalue weighted by Crippen LogP contribution is 2.23. The van der Waals surface area contributed by atoms with E-state index in [1.807, 2.05) is 0 Å². The topological polar surface area (TPSA) is 116 Å². The third-order valence-electron chi connectivity index (χ3n) is 2.84. The smallest absolute Gasteiger partial charge is 0.320 e. The summed E-state index contributed by atoms with van der Waals surface area (Å²) >= 11 is 0. The number of esters is 1. The van der Waals surface area contributed by atoms with Crippen molar-refractivity contribution in [2.24, 2.45) is 5.92 Å². The summed E-state index contributed by atoms with van der Waals surface area (Å²) in [6.07, 6.45) is -0.815. The first kappa shape index (κ1) is 13.9. The molecule has 0 aromatic rings. The van der Waals surface area contributed by atoms with Gasteiger partial charge in [0.1, 0.15) is 6.04 Å². The number of hydrogen-bond donors (Lipinski definition) is 4. The van der Waals surface area contributed by atoms with E-state index in [9.17, 15) is 14.7 Å². The van der Waals surface area contributed by atoms with Crippen LogP contribution in [0.1, 0.15) is 13.3 Å². The Bertz CT molecular complexity index is 295. The highest BCUT2D eigenvalue weighted by molar-refractivity contribution is 5.74. The van der Waals surface area contributed by atoms with Crippen LogP contribution in [0.4, 0.5) is 0 Å². The molecule has 17 heavy (non-hydrogen) atoms. The van der Waals surface area contributed by atoms with Crippen molar-refractivity contribution in [1.29, 1.82) is 0 Å². The number of carboxylic acid groups (broad SMARTS) is 1. The maximum atomic E-state index is 10.8. The van der Waals surface area contributed by atoms with E-state index in [2.05, 4.69) is 5.32 Å². The lowest BCUT2D eigenvalue weighted by molar-refractivity contribution is -0.142. The average molecular weight is 247 g/mol. The normalized spacial score (nSPS) is 29.9. The second-order valence-corrected chi connectivity index (χ2v) is 4.13. The molecular weight excluding hydrogens is 230 g/mol. The maximum absolute atomic E-state index is 10.8. The van der Waals surface area contributed by atoms with E-state index in [4.69, 9.17) is 14.9 Å². The zero-order chi connectivity index (χ0) is 13.0. The molecule has 4 atom stereocenters. The Balaban J connectivity index is 2.63. The number of carbonyl (C=O) groups is 2.